The zero-order valence-electron chi connectivity index (χ0n) is 12.9. The van der Waals surface area contributed by atoms with Crippen LogP contribution in [0.15, 0.2) is 34.1 Å². The van der Waals surface area contributed by atoms with Gasteiger partial charge in [-0.15, -0.1) is 11.3 Å². The Balaban J connectivity index is 1.69. The van der Waals surface area contributed by atoms with Crippen LogP contribution in [0.1, 0.15) is 33.7 Å². The molecule has 1 aliphatic heterocycles. The monoisotopic (exact) mass is 348 g/mol. The summed E-state index contributed by atoms with van der Waals surface area (Å²) in [4.78, 5) is 37.9. The number of nitrogens with zero attached hydrogens (tertiary/aromatic N) is 1. The van der Waals surface area contributed by atoms with Gasteiger partial charge in [-0.2, -0.15) is 0 Å². The Hall–Kier alpha value is -2.61. The molecule has 24 heavy (non-hydrogen) atoms. The molecule has 2 N–H and O–H groups in total. The van der Waals surface area contributed by atoms with Gasteiger partial charge in [0.1, 0.15) is 5.76 Å². The van der Waals surface area contributed by atoms with Gasteiger partial charge in [0.2, 0.25) is 17.6 Å². The zero-order chi connectivity index (χ0) is 17.3. The Morgan fingerprint density at radius 3 is 2.83 bits per heavy atom. The molecule has 1 saturated heterocycles. The number of aromatic carboxylic acids is 1. The van der Waals surface area contributed by atoms with Crippen LogP contribution in [-0.4, -0.2) is 34.8 Å². The summed E-state index contributed by atoms with van der Waals surface area (Å²) < 4.78 is 5.11. The highest BCUT2D eigenvalue weighted by Crippen LogP contribution is 2.39. The van der Waals surface area contributed by atoms with Crippen molar-refractivity contribution in [1.82, 2.24) is 10.2 Å². The van der Waals surface area contributed by atoms with Crippen molar-refractivity contribution in [1.29, 1.82) is 0 Å². The number of hydrogen-bond acceptors (Lipinski definition) is 5. The molecule has 2 amide bonds. The number of thiophene rings is 1. The van der Waals surface area contributed by atoms with Crippen LogP contribution in [0, 0.1) is 5.92 Å². The second kappa shape index (κ2) is 6.48. The summed E-state index contributed by atoms with van der Waals surface area (Å²) in [5.74, 6) is -1.78. The minimum atomic E-state index is -1.16. The lowest BCUT2D eigenvalue weighted by atomic mass is 9.98. The number of carbonyl (C=O) groups is 3. The first-order valence-electron chi connectivity index (χ1n) is 7.36. The minimum Gasteiger partial charge on any atom is -0.475 e. The lowest BCUT2D eigenvalue weighted by molar-refractivity contribution is -0.128. The lowest BCUT2D eigenvalue weighted by Crippen LogP contribution is -2.33. The van der Waals surface area contributed by atoms with Crippen LogP contribution in [0.5, 0.6) is 0 Å². The van der Waals surface area contributed by atoms with Crippen LogP contribution in [-0.2, 0) is 16.1 Å². The minimum absolute atomic E-state index is 0.0697. The van der Waals surface area contributed by atoms with E-state index in [2.05, 4.69) is 5.32 Å². The van der Waals surface area contributed by atoms with Gasteiger partial charge in [-0.3, -0.25) is 9.59 Å². The number of amides is 2. The van der Waals surface area contributed by atoms with E-state index >= 15 is 0 Å². The standard InChI is InChI=1S/C16H16N2O5S/c1-18-13(19)7-10(14(18)12-3-2-6-24-12)15(20)17-8-9-4-5-11(23-9)16(21)22/h2-6,10,14H,7-8H2,1H3,(H,17,20)(H,21,22). The number of hydrogen-bond donors (Lipinski definition) is 2. The average molecular weight is 348 g/mol. The highest BCUT2D eigenvalue weighted by Gasteiger charge is 2.43. The van der Waals surface area contributed by atoms with Gasteiger partial charge in [-0.25, -0.2) is 4.79 Å². The number of furan rings is 1. The van der Waals surface area contributed by atoms with Gasteiger partial charge in [0, 0.05) is 18.3 Å². The van der Waals surface area contributed by atoms with E-state index in [0.29, 0.717) is 5.76 Å². The fourth-order valence-corrected chi connectivity index (χ4v) is 3.78. The molecule has 8 heteroatoms. The molecule has 0 bridgehead atoms. The first-order chi connectivity index (χ1) is 11.5. The van der Waals surface area contributed by atoms with Crippen LogP contribution < -0.4 is 5.32 Å². The van der Waals surface area contributed by atoms with E-state index < -0.39 is 11.9 Å². The molecule has 0 saturated carbocycles. The predicted octanol–water partition coefficient (Wildman–Crippen LogP) is 1.88. The summed E-state index contributed by atoms with van der Waals surface area (Å²) in [6.07, 6.45) is 0.156. The van der Waals surface area contributed by atoms with E-state index in [-0.39, 0.29) is 36.6 Å². The van der Waals surface area contributed by atoms with E-state index in [1.165, 1.54) is 23.5 Å². The van der Waals surface area contributed by atoms with Crippen LogP contribution in [0.4, 0.5) is 0 Å². The van der Waals surface area contributed by atoms with E-state index in [1.807, 2.05) is 17.5 Å². The molecular formula is C16H16N2O5S. The number of carbonyl (C=O) groups excluding carboxylic acids is 2. The van der Waals surface area contributed by atoms with Crippen LogP contribution in [0.25, 0.3) is 0 Å². The number of likely N-dealkylation sites (tertiary alicyclic amines) is 1. The summed E-state index contributed by atoms with van der Waals surface area (Å²) in [5.41, 5.74) is 0. The lowest BCUT2D eigenvalue weighted by Gasteiger charge is -2.23. The molecule has 0 aliphatic carbocycles. The first kappa shape index (κ1) is 16.3. The first-order valence-corrected chi connectivity index (χ1v) is 8.24. The van der Waals surface area contributed by atoms with Crippen molar-refractivity contribution in [3.8, 4) is 0 Å². The molecule has 0 radical (unpaired) electrons. The third-order valence-corrected chi connectivity index (χ3v) is 5.01. The van der Waals surface area contributed by atoms with E-state index in [9.17, 15) is 14.4 Å². The molecule has 2 aromatic rings. The molecule has 2 aromatic heterocycles. The van der Waals surface area contributed by atoms with Crippen molar-refractivity contribution in [2.24, 2.45) is 5.92 Å². The molecule has 3 rings (SSSR count). The fourth-order valence-electron chi connectivity index (χ4n) is 2.85. The van der Waals surface area contributed by atoms with Gasteiger partial charge in [-0.1, -0.05) is 6.07 Å². The third-order valence-electron chi connectivity index (χ3n) is 4.07. The third kappa shape index (κ3) is 3.05. The highest BCUT2D eigenvalue weighted by molar-refractivity contribution is 7.10. The summed E-state index contributed by atoms with van der Waals surface area (Å²) >= 11 is 1.51. The summed E-state index contributed by atoms with van der Waals surface area (Å²) in [6.45, 7) is 0.0810. The van der Waals surface area contributed by atoms with Crippen molar-refractivity contribution < 1.29 is 23.9 Å². The highest BCUT2D eigenvalue weighted by atomic mass is 32.1. The molecule has 2 unspecified atom stereocenters. The van der Waals surface area contributed by atoms with Gasteiger partial charge >= 0.3 is 5.97 Å². The average Bonchev–Trinajstić information content (AvgIpc) is 3.26. The quantitative estimate of drug-likeness (QED) is 0.859. The molecule has 1 aliphatic rings. The molecule has 0 spiro atoms. The molecule has 1 fully saturated rings. The molecule has 7 nitrogen and oxygen atoms in total. The number of carboxylic acid groups (broad SMARTS) is 1. The van der Waals surface area contributed by atoms with Gasteiger partial charge in [-0.05, 0) is 23.6 Å². The van der Waals surface area contributed by atoms with E-state index in [1.54, 1.807) is 11.9 Å². The summed E-state index contributed by atoms with van der Waals surface area (Å²) in [6, 6.07) is 6.37. The number of carboxylic acids is 1. The number of rotatable bonds is 5. The zero-order valence-corrected chi connectivity index (χ0v) is 13.7. The van der Waals surface area contributed by atoms with Crippen LogP contribution in [0.2, 0.25) is 0 Å². The molecular weight excluding hydrogens is 332 g/mol. The Labute approximate surface area is 141 Å². The maximum atomic E-state index is 12.5. The summed E-state index contributed by atoms with van der Waals surface area (Å²) in [7, 11) is 1.70. The normalized spacial score (nSPS) is 20.4. The van der Waals surface area contributed by atoms with Gasteiger partial charge in [0.25, 0.3) is 0 Å². The molecule has 126 valence electrons. The predicted molar refractivity (Wildman–Crippen MR) is 85.5 cm³/mol. The van der Waals surface area contributed by atoms with Crippen molar-refractivity contribution in [2.75, 3.05) is 7.05 Å². The smallest absolute Gasteiger partial charge is 0.371 e. The molecule has 2 atom stereocenters. The second-order valence-electron chi connectivity index (χ2n) is 5.56. The topological polar surface area (TPSA) is 99.9 Å². The summed E-state index contributed by atoms with van der Waals surface area (Å²) in [5, 5.41) is 13.5. The van der Waals surface area contributed by atoms with E-state index in [0.717, 1.165) is 4.88 Å². The second-order valence-corrected chi connectivity index (χ2v) is 6.54. The van der Waals surface area contributed by atoms with Gasteiger partial charge in [0.05, 0.1) is 18.5 Å². The SMILES string of the molecule is CN1C(=O)CC(C(=O)NCc2ccc(C(=O)O)o2)C1c1cccs1. The fraction of sp³-hybridized carbons (Fsp3) is 0.312. The molecule has 3 heterocycles. The number of nitrogens with one attached hydrogen (secondary N) is 1. The Kier molecular flexibility index (Phi) is 4.39. The van der Waals surface area contributed by atoms with E-state index in [4.69, 9.17) is 9.52 Å². The maximum absolute atomic E-state index is 12.5. The maximum Gasteiger partial charge on any atom is 0.371 e. The van der Waals surface area contributed by atoms with Gasteiger partial charge < -0.3 is 19.7 Å². The van der Waals surface area contributed by atoms with Gasteiger partial charge in [0.15, 0.2) is 0 Å². The molecule has 0 aromatic carbocycles. The largest absolute Gasteiger partial charge is 0.475 e. The van der Waals surface area contributed by atoms with Crippen molar-refractivity contribution in [3.05, 3.63) is 46.0 Å². The Morgan fingerprint density at radius 2 is 2.21 bits per heavy atom. The Morgan fingerprint density at radius 1 is 1.42 bits per heavy atom. The Bertz CT molecular complexity index is 767. The van der Waals surface area contributed by atoms with Crippen LogP contribution in [0.3, 0.4) is 0 Å². The van der Waals surface area contributed by atoms with Crippen LogP contribution >= 0.6 is 11.3 Å². The van der Waals surface area contributed by atoms with Crippen molar-refractivity contribution >= 4 is 29.1 Å². The van der Waals surface area contributed by atoms with Crippen molar-refractivity contribution in [3.63, 3.8) is 0 Å². The van der Waals surface area contributed by atoms with Crippen molar-refractivity contribution in [2.45, 2.75) is 19.0 Å².